The van der Waals surface area contributed by atoms with Crippen LogP contribution in [0.1, 0.15) is 12.6 Å². The molecule has 0 atom stereocenters. The van der Waals surface area contributed by atoms with Crippen molar-refractivity contribution in [2.45, 2.75) is 13.3 Å². The SMILES string of the molecule is CCc1cc(Cl)nc(Oc2ccccc2)n1. The number of rotatable bonds is 3. The molecule has 0 unspecified atom stereocenters. The molecule has 3 nitrogen and oxygen atoms in total. The molecule has 82 valence electrons. The molecule has 0 radical (unpaired) electrons. The lowest BCUT2D eigenvalue weighted by Crippen LogP contribution is -1.95. The number of halogens is 1. The predicted octanol–water partition coefficient (Wildman–Crippen LogP) is 3.48. The van der Waals surface area contributed by atoms with Crippen molar-refractivity contribution >= 4 is 11.6 Å². The summed E-state index contributed by atoms with van der Waals surface area (Å²) in [6.45, 7) is 2.00. The number of hydrogen-bond donors (Lipinski definition) is 0. The zero-order valence-electron chi connectivity index (χ0n) is 8.85. The van der Waals surface area contributed by atoms with Crippen LogP contribution < -0.4 is 4.74 Å². The van der Waals surface area contributed by atoms with Crippen molar-refractivity contribution in [3.05, 3.63) is 47.2 Å². The Balaban J connectivity index is 2.24. The van der Waals surface area contributed by atoms with Crippen molar-refractivity contribution in [3.8, 4) is 11.8 Å². The highest BCUT2D eigenvalue weighted by Gasteiger charge is 2.04. The van der Waals surface area contributed by atoms with Crippen LogP contribution in [0.25, 0.3) is 0 Å². The fraction of sp³-hybridized carbons (Fsp3) is 0.167. The third kappa shape index (κ3) is 2.70. The second kappa shape index (κ2) is 4.94. The maximum atomic E-state index is 5.86. The van der Waals surface area contributed by atoms with Crippen LogP contribution in [-0.4, -0.2) is 9.97 Å². The van der Waals surface area contributed by atoms with E-state index >= 15 is 0 Å². The number of nitrogens with zero attached hydrogens (tertiary/aromatic N) is 2. The molecule has 1 aromatic carbocycles. The van der Waals surface area contributed by atoms with Crippen molar-refractivity contribution in [2.24, 2.45) is 0 Å². The Kier molecular flexibility index (Phi) is 3.37. The number of para-hydroxylation sites is 1. The van der Waals surface area contributed by atoms with E-state index in [0.29, 0.717) is 10.9 Å². The first kappa shape index (κ1) is 10.9. The molecule has 4 heteroatoms. The lowest BCUT2D eigenvalue weighted by atomic mass is 10.3. The molecular weight excluding hydrogens is 224 g/mol. The molecule has 0 saturated heterocycles. The summed E-state index contributed by atoms with van der Waals surface area (Å²) in [4.78, 5) is 8.24. The first-order chi connectivity index (χ1) is 7.78. The Morgan fingerprint density at radius 2 is 1.94 bits per heavy atom. The summed E-state index contributed by atoms with van der Waals surface area (Å²) >= 11 is 5.86. The van der Waals surface area contributed by atoms with Gasteiger partial charge in [-0.2, -0.15) is 9.97 Å². The van der Waals surface area contributed by atoms with Gasteiger partial charge >= 0.3 is 6.01 Å². The molecule has 0 aliphatic heterocycles. The second-order valence-electron chi connectivity index (χ2n) is 3.23. The Morgan fingerprint density at radius 3 is 2.62 bits per heavy atom. The maximum Gasteiger partial charge on any atom is 0.323 e. The van der Waals surface area contributed by atoms with E-state index in [0.717, 1.165) is 12.1 Å². The van der Waals surface area contributed by atoms with E-state index in [1.54, 1.807) is 6.07 Å². The van der Waals surface area contributed by atoms with Crippen molar-refractivity contribution in [1.29, 1.82) is 0 Å². The van der Waals surface area contributed by atoms with Gasteiger partial charge in [-0.25, -0.2) is 0 Å². The van der Waals surface area contributed by atoms with Crippen molar-refractivity contribution in [3.63, 3.8) is 0 Å². The highest BCUT2D eigenvalue weighted by molar-refractivity contribution is 6.29. The number of aromatic nitrogens is 2. The molecule has 16 heavy (non-hydrogen) atoms. The van der Waals surface area contributed by atoms with Gasteiger partial charge in [0.15, 0.2) is 0 Å². The third-order valence-corrected chi connectivity index (χ3v) is 2.24. The summed E-state index contributed by atoms with van der Waals surface area (Å²) in [6, 6.07) is 11.4. The number of ether oxygens (including phenoxy) is 1. The van der Waals surface area contributed by atoms with Crippen LogP contribution in [0, 0.1) is 0 Å². The number of benzene rings is 1. The fourth-order valence-electron chi connectivity index (χ4n) is 1.26. The zero-order valence-corrected chi connectivity index (χ0v) is 9.61. The van der Waals surface area contributed by atoms with Crippen LogP contribution in [0.2, 0.25) is 5.15 Å². The summed E-state index contributed by atoms with van der Waals surface area (Å²) in [5.74, 6) is 0.701. The van der Waals surface area contributed by atoms with E-state index in [1.165, 1.54) is 0 Å². The first-order valence-corrected chi connectivity index (χ1v) is 5.42. The van der Waals surface area contributed by atoms with Gasteiger partial charge in [-0.3, -0.25) is 0 Å². The average molecular weight is 235 g/mol. The third-order valence-electron chi connectivity index (χ3n) is 2.04. The average Bonchev–Trinajstić information content (AvgIpc) is 2.29. The number of hydrogen-bond acceptors (Lipinski definition) is 3. The van der Waals surface area contributed by atoms with Crippen LogP contribution in [0.3, 0.4) is 0 Å². The standard InChI is InChI=1S/C12H11ClN2O/c1-2-9-8-11(13)15-12(14-9)16-10-6-4-3-5-7-10/h3-8H,2H2,1H3. The monoisotopic (exact) mass is 234 g/mol. The number of aryl methyl sites for hydroxylation is 1. The van der Waals surface area contributed by atoms with Crippen molar-refractivity contribution < 1.29 is 4.74 Å². The molecule has 0 spiro atoms. The quantitative estimate of drug-likeness (QED) is 0.763. The van der Waals surface area contributed by atoms with Gasteiger partial charge in [-0.15, -0.1) is 0 Å². The minimum Gasteiger partial charge on any atom is -0.424 e. The highest BCUT2D eigenvalue weighted by Crippen LogP contribution is 2.19. The van der Waals surface area contributed by atoms with E-state index in [1.807, 2.05) is 37.3 Å². The van der Waals surface area contributed by atoms with Gasteiger partial charge in [0.1, 0.15) is 10.9 Å². The van der Waals surface area contributed by atoms with E-state index < -0.39 is 0 Å². The zero-order chi connectivity index (χ0) is 11.4. The van der Waals surface area contributed by atoms with Crippen LogP contribution in [0.5, 0.6) is 11.8 Å². The molecule has 0 aliphatic carbocycles. The summed E-state index contributed by atoms with van der Waals surface area (Å²) in [6.07, 6.45) is 0.799. The normalized spacial score (nSPS) is 10.1. The van der Waals surface area contributed by atoms with E-state index in [-0.39, 0.29) is 6.01 Å². The predicted molar refractivity (Wildman–Crippen MR) is 62.9 cm³/mol. The molecule has 0 N–H and O–H groups in total. The Morgan fingerprint density at radius 1 is 1.19 bits per heavy atom. The molecule has 0 saturated carbocycles. The second-order valence-corrected chi connectivity index (χ2v) is 3.62. The van der Waals surface area contributed by atoms with E-state index in [4.69, 9.17) is 16.3 Å². The van der Waals surface area contributed by atoms with Crippen LogP contribution in [0.15, 0.2) is 36.4 Å². The van der Waals surface area contributed by atoms with E-state index in [2.05, 4.69) is 9.97 Å². The van der Waals surface area contributed by atoms with E-state index in [9.17, 15) is 0 Å². The Hall–Kier alpha value is -1.61. The Labute approximate surface area is 99.1 Å². The lowest BCUT2D eigenvalue weighted by molar-refractivity contribution is 0.439. The van der Waals surface area contributed by atoms with Gasteiger partial charge in [0.05, 0.1) is 0 Å². The molecule has 0 amide bonds. The Bertz CT molecular complexity index is 474. The lowest BCUT2D eigenvalue weighted by Gasteiger charge is -2.05. The topological polar surface area (TPSA) is 35.0 Å². The minimum absolute atomic E-state index is 0.288. The van der Waals surface area contributed by atoms with Gasteiger partial charge in [-0.1, -0.05) is 36.7 Å². The van der Waals surface area contributed by atoms with Crippen LogP contribution in [0.4, 0.5) is 0 Å². The maximum absolute atomic E-state index is 5.86. The highest BCUT2D eigenvalue weighted by atomic mass is 35.5. The van der Waals surface area contributed by atoms with Crippen molar-refractivity contribution in [2.75, 3.05) is 0 Å². The molecule has 0 bridgehead atoms. The summed E-state index contributed by atoms with van der Waals surface area (Å²) < 4.78 is 5.50. The molecule has 2 rings (SSSR count). The summed E-state index contributed by atoms with van der Waals surface area (Å²) in [5, 5.41) is 0.401. The first-order valence-electron chi connectivity index (χ1n) is 5.04. The summed E-state index contributed by atoms with van der Waals surface area (Å²) in [7, 11) is 0. The van der Waals surface area contributed by atoms with Gasteiger partial charge < -0.3 is 4.74 Å². The van der Waals surface area contributed by atoms with Gasteiger partial charge in [-0.05, 0) is 24.6 Å². The molecule has 2 aromatic rings. The molecular formula is C12H11ClN2O. The van der Waals surface area contributed by atoms with Crippen LogP contribution >= 0.6 is 11.6 Å². The summed E-state index contributed by atoms with van der Waals surface area (Å²) in [5.41, 5.74) is 0.867. The van der Waals surface area contributed by atoms with Crippen molar-refractivity contribution in [1.82, 2.24) is 9.97 Å². The molecule has 1 heterocycles. The van der Waals surface area contributed by atoms with Crippen LogP contribution in [-0.2, 0) is 6.42 Å². The van der Waals surface area contributed by atoms with Gasteiger partial charge in [0.25, 0.3) is 0 Å². The molecule has 0 fully saturated rings. The molecule has 0 aliphatic rings. The molecule has 1 aromatic heterocycles. The largest absolute Gasteiger partial charge is 0.424 e. The minimum atomic E-state index is 0.288. The van der Waals surface area contributed by atoms with Gasteiger partial charge in [0, 0.05) is 5.69 Å². The fourth-order valence-corrected chi connectivity index (χ4v) is 1.46. The van der Waals surface area contributed by atoms with Gasteiger partial charge in [0.2, 0.25) is 0 Å². The smallest absolute Gasteiger partial charge is 0.323 e.